The van der Waals surface area contributed by atoms with Gasteiger partial charge in [-0.3, -0.25) is 14.9 Å². The fraction of sp³-hybridized carbons (Fsp3) is 0.154. The Bertz CT molecular complexity index is 1570. The van der Waals surface area contributed by atoms with Crippen molar-refractivity contribution in [3.8, 4) is 0 Å². The van der Waals surface area contributed by atoms with Gasteiger partial charge in [-0.2, -0.15) is 0 Å². The van der Waals surface area contributed by atoms with Crippen LogP contribution in [0, 0.1) is 24.0 Å². The lowest BCUT2D eigenvalue weighted by molar-refractivity contribution is -0.385. The Morgan fingerprint density at radius 1 is 1.11 bits per heavy atom. The summed E-state index contributed by atoms with van der Waals surface area (Å²) in [5.74, 6) is -1.42. The van der Waals surface area contributed by atoms with Crippen LogP contribution in [0.5, 0.6) is 0 Å². The summed E-state index contributed by atoms with van der Waals surface area (Å²) in [6, 6.07) is 13.9. The average Bonchev–Trinajstić information content (AvgIpc) is 2.86. The number of methoxy groups -OCH3 is 1. The second kappa shape index (κ2) is 10.2. The van der Waals surface area contributed by atoms with E-state index in [-0.39, 0.29) is 32.4 Å². The van der Waals surface area contributed by atoms with Crippen molar-refractivity contribution in [1.29, 1.82) is 0 Å². The Labute approximate surface area is 217 Å². The third kappa shape index (κ3) is 5.42. The van der Waals surface area contributed by atoms with Crippen molar-refractivity contribution >= 4 is 50.9 Å². The van der Waals surface area contributed by atoms with Crippen LogP contribution in [0.1, 0.15) is 32.6 Å². The molecule has 1 amide bonds. The van der Waals surface area contributed by atoms with Crippen molar-refractivity contribution in [2.24, 2.45) is 0 Å². The molecule has 3 aromatic carbocycles. The number of nitro benzene ring substituents is 1. The zero-order chi connectivity index (χ0) is 26.9. The fourth-order valence-electron chi connectivity index (χ4n) is 3.89. The number of thioether (sulfide) groups is 1. The van der Waals surface area contributed by atoms with E-state index in [1.165, 1.54) is 37.5 Å². The number of rotatable bonds is 6. The van der Waals surface area contributed by atoms with E-state index in [1.807, 2.05) is 32.0 Å². The van der Waals surface area contributed by atoms with E-state index in [1.54, 1.807) is 6.07 Å². The Morgan fingerprint density at radius 3 is 2.46 bits per heavy atom. The molecule has 1 N–H and O–H groups in total. The second-order valence-corrected chi connectivity index (χ2v) is 11.4. The van der Waals surface area contributed by atoms with Crippen molar-refractivity contribution in [2.45, 2.75) is 29.4 Å². The van der Waals surface area contributed by atoms with Gasteiger partial charge in [-0.15, -0.1) is 0 Å². The first-order valence-corrected chi connectivity index (χ1v) is 13.5. The first-order chi connectivity index (χ1) is 17.5. The standard InChI is InChI=1S/C26H22N2O7S2/c1-15-5-4-6-16(2)20(15)14-37(33,34)19-9-10-23-21(13-19)27-25(29)24(36-23)12-17-7-8-18(26(30)35-3)11-22(17)28(31)32/h4-13H,14H2,1-3H3,(H,27,29). The van der Waals surface area contributed by atoms with Crippen molar-refractivity contribution in [3.05, 3.63) is 97.4 Å². The van der Waals surface area contributed by atoms with Gasteiger partial charge in [0.1, 0.15) is 0 Å². The minimum atomic E-state index is -3.69. The Kier molecular flexibility index (Phi) is 7.19. The van der Waals surface area contributed by atoms with E-state index in [9.17, 15) is 28.1 Å². The maximum absolute atomic E-state index is 13.1. The third-order valence-corrected chi connectivity index (χ3v) is 8.66. The molecule has 0 fully saturated rings. The number of amides is 1. The van der Waals surface area contributed by atoms with Gasteiger partial charge in [-0.05, 0) is 66.9 Å². The van der Waals surface area contributed by atoms with Crippen LogP contribution in [0.3, 0.4) is 0 Å². The number of nitro groups is 1. The minimum Gasteiger partial charge on any atom is -0.465 e. The van der Waals surface area contributed by atoms with E-state index in [0.717, 1.165) is 34.5 Å². The van der Waals surface area contributed by atoms with Gasteiger partial charge in [0.05, 0.1) is 44.4 Å². The summed E-state index contributed by atoms with van der Waals surface area (Å²) in [6.07, 6.45) is 1.35. The summed E-state index contributed by atoms with van der Waals surface area (Å²) in [5, 5.41) is 14.3. The zero-order valence-electron chi connectivity index (χ0n) is 20.1. The molecule has 9 nitrogen and oxygen atoms in total. The lowest BCUT2D eigenvalue weighted by Crippen LogP contribution is -2.18. The lowest BCUT2D eigenvalue weighted by Gasteiger charge is -2.20. The molecule has 0 spiro atoms. The largest absolute Gasteiger partial charge is 0.465 e. The molecule has 0 atom stereocenters. The molecule has 1 aliphatic rings. The smallest absolute Gasteiger partial charge is 0.338 e. The average molecular weight is 539 g/mol. The maximum atomic E-state index is 13.1. The zero-order valence-corrected chi connectivity index (χ0v) is 21.7. The maximum Gasteiger partial charge on any atom is 0.338 e. The molecule has 11 heteroatoms. The van der Waals surface area contributed by atoms with Crippen molar-refractivity contribution in [2.75, 3.05) is 12.4 Å². The molecule has 0 radical (unpaired) electrons. The highest BCUT2D eigenvalue weighted by atomic mass is 32.2. The normalized spacial score (nSPS) is 14.1. The van der Waals surface area contributed by atoms with Crippen molar-refractivity contribution < 1.29 is 27.7 Å². The topological polar surface area (TPSA) is 133 Å². The number of benzene rings is 3. The van der Waals surface area contributed by atoms with Crippen LogP contribution in [-0.2, 0) is 25.1 Å². The Morgan fingerprint density at radius 2 is 1.81 bits per heavy atom. The molecule has 37 heavy (non-hydrogen) atoms. The number of anilines is 1. The van der Waals surface area contributed by atoms with Crippen LogP contribution in [0.15, 0.2) is 69.3 Å². The van der Waals surface area contributed by atoms with Crippen LogP contribution in [0.2, 0.25) is 0 Å². The number of esters is 1. The van der Waals surface area contributed by atoms with Crippen LogP contribution in [-0.4, -0.2) is 32.3 Å². The molecule has 1 aliphatic heterocycles. The van der Waals surface area contributed by atoms with E-state index in [4.69, 9.17) is 0 Å². The number of nitrogens with one attached hydrogen (secondary N) is 1. The molecular formula is C26H22N2O7S2. The van der Waals surface area contributed by atoms with Gasteiger partial charge in [0.15, 0.2) is 9.84 Å². The predicted molar refractivity (Wildman–Crippen MR) is 140 cm³/mol. The van der Waals surface area contributed by atoms with Crippen molar-refractivity contribution in [3.63, 3.8) is 0 Å². The molecule has 0 aromatic heterocycles. The molecule has 0 unspecified atom stereocenters. The summed E-state index contributed by atoms with van der Waals surface area (Å²) in [6.45, 7) is 3.73. The van der Waals surface area contributed by atoms with E-state index in [0.29, 0.717) is 10.6 Å². The van der Waals surface area contributed by atoms with Gasteiger partial charge in [-0.1, -0.05) is 30.0 Å². The summed E-state index contributed by atoms with van der Waals surface area (Å²) in [7, 11) is -2.52. The fourth-order valence-corrected chi connectivity index (χ4v) is 6.39. The number of sulfone groups is 1. The number of ether oxygens (including phenoxy) is 1. The van der Waals surface area contributed by atoms with E-state index in [2.05, 4.69) is 10.1 Å². The lowest BCUT2D eigenvalue weighted by atomic mass is 10.1. The number of carbonyl (C=O) groups excluding carboxylic acids is 2. The summed E-state index contributed by atoms with van der Waals surface area (Å²) < 4.78 is 30.9. The van der Waals surface area contributed by atoms with Gasteiger partial charge < -0.3 is 10.1 Å². The van der Waals surface area contributed by atoms with Crippen LogP contribution >= 0.6 is 11.8 Å². The minimum absolute atomic E-state index is 0.0112. The number of hydrogen-bond donors (Lipinski definition) is 1. The van der Waals surface area contributed by atoms with Gasteiger partial charge in [0.25, 0.3) is 11.6 Å². The first-order valence-electron chi connectivity index (χ1n) is 11.0. The molecule has 0 aliphatic carbocycles. The van der Waals surface area contributed by atoms with Gasteiger partial charge in [0, 0.05) is 11.0 Å². The summed E-state index contributed by atoms with van der Waals surface area (Å²) >= 11 is 1.06. The molecule has 0 saturated carbocycles. The molecular weight excluding hydrogens is 516 g/mol. The number of fused-ring (bicyclic) bond motifs is 1. The monoisotopic (exact) mass is 538 g/mol. The highest BCUT2D eigenvalue weighted by Gasteiger charge is 2.26. The number of aryl methyl sites for hydroxylation is 2. The molecule has 0 bridgehead atoms. The number of carbonyl (C=O) groups is 2. The number of nitrogens with zero attached hydrogens (tertiary/aromatic N) is 1. The van der Waals surface area contributed by atoms with Crippen molar-refractivity contribution in [1.82, 2.24) is 0 Å². The predicted octanol–water partition coefficient (Wildman–Crippen LogP) is 5.06. The van der Waals surface area contributed by atoms with Crippen LogP contribution < -0.4 is 5.32 Å². The molecule has 190 valence electrons. The Hall–Kier alpha value is -3.96. The van der Waals surface area contributed by atoms with Crippen LogP contribution in [0.25, 0.3) is 6.08 Å². The second-order valence-electron chi connectivity index (χ2n) is 8.37. The molecule has 1 heterocycles. The summed E-state index contributed by atoms with van der Waals surface area (Å²) in [5.41, 5.74) is 2.63. The molecule has 3 aromatic rings. The first kappa shape index (κ1) is 26.1. The van der Waals surface area contributed by atoms with Gasteiger partial charge in [-0.25, -0.2) is 13.2 Å². The summed E-state index contributed by atoms with van der Waals surface area (Å²) in [4.78, 5) is 36.3. The van der Waals surface area contributed by atoms with Gasteiger partial charge >= 0.3 is 5.97 Å². The molecule has 4 rings (SSSR count). The number of hydrogen-bond acceptors (Lipinski definition) is 8. The third-order valence-electron chi connectivity index (χ3n) is 5.92. The quantitative estimate of drug-likeness (QED) is 0.199. The van der Waals surface area contributed by atoms with Crippen LogP contribution in [0.4, 0.5) is 11.4 Å². The SMILES string of the molecule is COC(=O)c1ccc(C=C2Sc3ccc(S(=O)(=O)Cc4c(C)cccc4C)cc3NC2=O)c([N+](=O)[O-])c1. The Balaban J connectivity index is 1.64. The highest BCUT2D eigenvalue weighted by molar-refractivity contribution is 8.04. The van der Waals surface area contributed by atoms with Gasteiger partial charge in [0.2, 0.25) is 0 Å². The van der Waals surface area contributed by atoms with E-state index < -0.39 is 26.6 Å². The highest BCUT2D eigenvalue weighted by Crippen LogP contribution is 2.41. The molecule has 0 saturated heterocycles. The van der Waals surface area contributed by atoms with E-state index >= 15 is 0 Å².